The first-order valence-corrected chi connectivity index (χ1v) is 13.0. The molecule has 1 aliphatic rings. The molecule has 0 bridgehead atoms. The number of hydrogen-bond donors (Lipinski definition) is 1. The number of carbonyl (C=O) groups is 1. The molecular formula is C26H29FN6O2S. The Balaban J connectivity index is 1.36. The Morgan fingerprint density at radius 3 is 2.81 bits per heavy atom. The number of morpholine rings is 1. The van der Waals surface area contributed by atoms with Crippen LogP contribution in [0.5, 0.6) is 0 Å². The summed E-state index contributed by atoms with van der Waals surface area (Å²) in [5.74, 6) is -0.335. The highest BCUT2D eigenvalue weighted by atomic mass is 32.2. The summed E-state index contributed by atoms with van der Waals surface area (Å²) >= 11 is 1.27. The molecule has 1 N–H and O–H groups in total. The fourth-order valence-electron chi connectivity index (χ4n) is 4.38. The van der Waals surface area contributed by atoms with Crippen molar-refractivity contribution < 1.29 is 13.9 Å². The summed E-state index contributed by atoms with van der Waals surface area (Å²) in [5.41, 5.74) is 3.86. The standard InChI is InChI=1S/C26H29FN6O2S/c1-17-7-8-22-20(15-17)23-24(33(22)16-19-5-3-4-6-21(19)27)29-26(31-30-23)36-18(2)25(34)28-9-10-32-11-13-35-14-12-32/h3-8,15,18H,9-14,16H2,1-2H3,(H,28,34). The van der Waals surface area contributed by atoms with Gasteiger partial charge in [-0.05, 0) is 32.0 Å². The molecule has 10 heteroatoms. The number of carbonyl (C=O) groups excluding carboxylic acids is 1. The van der Waals surface area contributed by atoms with Gasteiger partial charge in [-0.3, -0.25) is 9.69 Å². The van der Waals surface area contributed by atoms with Crippen LogP contribution in [-0.2, 0) is 16.1 Å². The van der Waals surface area contributed by atoms with Crippen LogP contribution in [0.3, 0.4) is 0 Å². The lowest BCUT2D eigenvalue weighted by Gasteiger charge is -2.26. The van der Waals surface area contributed by atoms with E-state index in [9.17, 15) is 9.18 Å². The fourth-order valence-corrected chi connectivity index (χ4v) is 5.11. The zero-order valence-corrected chi connectivity index (χ0v) is 21.2. The van der Waals surface area contributed by atoms with E-state index in [0.29, 0.717) is 35.0 Å². The molecule has 1 amide bonds. The molecular weight excluding hydrogens is 479 g/mol. The number of hydrogen-bond acceptors (Lipinski definition) is 7. The molecule has 4 aromatic rings. The molecule has 8 nitrogen and oxygen atoms in total. The summed E-state index contributed by atoms with van der Waals surface area (Å²) in [6.45, 7) is 8.80. The molecule has 2 aromatic carbocycles. The summed E-state index contributed by atoms with van der Waals surface area (Å²) in [6, 6.07) is 12.8. The number of benzene rings is 2. The van der Waals surface area contributed by atoms with E-state index in [1.165, 1.54) is 17.8 Å². The maximum atomic E-state index is 14.5. The van der Waals surface area contributed by atoms with Crippen molar-refractivity contribution in [2.45, 2.75) is 30.8 Å². The molecule has 0 radical (unpaired) electrons. The molecule has 1 unspecified atom stereocenters. The van der Waals surface area contributed by atoms with E-state index in [4.69, 9.17) is 9.72 Å². The van der Waals surface area contributed by atoms with Crippen LogP contribution in [0.15, 0.2) is 47.6 Å². The zero-order valence-electron chi connectivity index (χ0n) is 20.4. The molecule has 2 aromatic heterocycles. The molecule has 1 atom stereocenters. The second-order valence-corrected chi connectivity index (χ2v) is 10.3. The highest BCUT2D eigenvalue weighted by Gasteiger charge is 2.20. The van der Waals surface area contributed by atoms with Gasteiger partial charge < -0.3 is 14.6 Å². The summed E-state index contributed by atoms with van der Waals surface area (Å²) in [7, 11) is 0. The van der Waals surface area contributed by atoms with Crippen LogP contribution in [0, 0.1) is 12.7 Å². The van der Waals surface area contributed by atoms with Gasteiger partial charge in [0.05, 0.1) is 30.5 Å². The molecule has 1 fully saturated rings. The van der Waals surface area contributed by atoms with Crippen molar-refractivity contribution in [2.24, 2.45) is 0 Å². The number of nitrogens with zero attached hydrogens (tertiary/aromatic N) is 5. The van der Waals surface area contributed by atoms with Crippen LogP contribution in [0.2, 0.25) is 0 Å². The summed E-state index contributed by atoms with van der Waals surface area (Å²) in [4.78, 5) is 19.7. The Morgan fingerprint density at radius 2 is 2.00 bits per heavy atom. The van der Waals surface area contributed by atoms with Gasteiger partial charge in [0.2, 0.25) is 11.1 Å². The van der Waals surface area contributed by atoms with Crippen molar-refractivity contribution in [1.82, 2.24) is 30.0 Å². The third kappa shape index (κ3) is 5.35. The predicted octanol–water partition coefficient (Wildman–Crippen LogP) is 3.40. The normalized spacial score (nSPS) is 15.4. The SMILES string of the molecule is Cc1ccc2c(c1)c1nnc(SC(C)C(=O)NCCN3CCOCC3)nc1n2Cc1ccccc1F. The van der Waals surface area contributed by atoms with E-state index in [1.807, 2.05) is 42.7 Å². The Labute approximate surface area is 213 Å². The number of fused-ring (bicyclic) bond motifs is 3. The van der Waals surface area contributed by atoms with Gasteiger partial charge in [-0.25, -0.2) is 9.37 Å². The highest BCUT2D eigenvalue weighted by Crippen LogP contribution is 2.30. The molecule has 36 heavy (non-hydrogen) atoms. The lowest BCUT2D eigenvalue weighted by Crippen LogP contribution is -2.42. The van der Waals surface area contributed by atoms with Crippen LogP contribution in [0.25, 0.3) is 22.1 Å². The van der Waals surface area contributed by atoms with Crippen LogP contribution in [0.1, 0.15) is 18.1 Å². The van der Waals surface area contributed by atoms with Gasteiger partial charge in [-0.1, -0.05) is 41.6 Å². The van der Waals surface area contributed by atoms with E-state index in [1.54, 1.807) is 12.1 Å². The smallest absolute Gasteiger partial charge is 0.233 e. The van der Waals surface area contributed by atoms with Gasteiger partial charge in [0, 0.05) is 37.1 Å². The number of ether oxygens (including phenoxy) is 1. The number of amides is 1. The Kier molecular flexibility index (Phi) is 7.45. The first-order chi connectivity index (χ1) is 17.5. The summed E-state index contributed by atoms with van der Waals surface area (Å²) < 4.78 is 21.8. The molecule has 0 aliphatic carbocycles. The average Bonchev–Trinajstić information content (AvgIpc) is 3.17. The van der Waals surface area contributed by atoms with E-state index >= 15 is 0 Å². The molecule has 5 rings (SSSR count). The van der Waals surface area contributed by atoms with Crippen LogP contribution in [0.4, 0.5) is 4.39 Å². The number of rotatable bonds is 8. The van der Waals surface area contributed by atoms with Gasteiger partial charge in [0.15, 0.2) is 5.65 Å². The van der Waals surface area contributed by atoms with E-state index in [2.05, 4.69) is 20.4 Å². The number of aryl methyl sites for hydroxylation is 1. The number of halogens is 1. The second-order valence-electron chi connectivity index (χ2n) is 8.97. The van der Waals surface area contributed by atoms with Gasteiger partial charge in [0.1, 0.15) is 11.3 Å². The van der Waals surface area contributed by atoms with Crippen molar-refractivity contribution in [3.63, 3.8) is 0 Å². The molecule has 3 heterocycles. The second kappa shape index (κ2) is 10.9. The largest absolute Gasteiger partial charge is 0.379 e. The minimum absolute atomic E-state index is 0.0699. The van der Waals surface area contributed by atoms with Crippen molar-refractivity contribution in [3.05, 3.63) is 59.4 Å². The molecule has 188 valence electrons. The minimum Gasteiger partial charge on any atom is -0.379 e. The van der Waals surface area contributed by atoms with Gasteiger partial charge in [0.25, 0.3) is 0 Å². The quantitative estimate of drug-likeness (QED) is 0.365. The van der Waals surface area contributed by atoms with Crippen LogP contribution < -0.4 is 5.32 Å². The van der Waals surface area contributed by atoms with Gasteiger partial charge in [-0.15, -0.1) is 10.2 Å². The Bertz CT molecular complexity index is 1390. The number of aromatic nitrogens is 4. The Hall–Kier alpha value is -3.08. The van der Waals surface area contributed by atoms with E-state index < -0.39 is 0 Å². The lowest BCUT2D eigenvalue weighted by molar-refractivity contribution is -0.120. The van der Waals surface area contributed by atoms with E-state index in [-0.39, 0.29) is 17.0 Å². The lowest BCUT2D eigenvalue weighted by atomic mass is 10.1. The summed E-state index contributed by atoms with van der Waals surface area (Å²) in [6.07, 6.45) is 0. The molecule has 1 saturated heterocycles. The third-order valence-corrected chi connectivity index (χ3v) is 7.32. The molecule has 0 spiro atoms. The minimum atomic E-state index is -0.388. The maximum Gasteiger partial charge on any atom is 0.233 e. The third-order valence-electron chi connectivity index (χ3n) is 6.37. The zero-order chi connectivity index (χ0) is 25.1. The predicted molar refractivity (Wildman–Crippen MR) is 139 cm³/mol. The van der Waals surface area contributed by atoms with E-state index in [0.717, 1.165) is 49.3 Å². The maximum absolute atomic E-state index is 14.5. The van der Waals surface area contributed by atoms with Gasteiger partial charge in [-0.2, -0.15) is 0 Å². The monoisotopic (exact) mass is 508 g/mol. The first-order valence-electron chi connectivity index (χ1n) is 12.1. The van der Waals surface area contributed by atoms with Gasteiger partial charge >= 0.3 is 0 Å². The van der Waals surface area contributed by atoms with Crippen molar-refractivity contribution in [3.8, 4) is 0 Å². The molecule has 0 saturated carbocycles. The van der Waals surface area contributed by atoms with Crippen LogP contribution >= 0.6 is 11.8 Å². The Morgan fingerprint density at radius 1 is 1.19 bits per heavy atom. The van der Waals surface area contributed by atoms with Crippen molar-refractivity contribution in [2.75, 3.05) is 39.4 Å². The van der Waals surface area contributed by atoms with Crippen LogP contribution in [-0.4, -0.2) is 75.2 Å². The number of thioether (sulfide) groups is 1. The first kappa shape index (κ1) is 24.6. The van der Waals surface area contributed by atoms with Crippen molar-refractivity contribution in [1.29, 1.82) is 0 Å². The summed E-state index contributed by atoms with van der Waals surface area (Å²) in [5, 5.41) is 12.7. The van der Waals surface area contributed by atoms with Crippen molar-refractivity contribution >= 4 is 39.7 Å². The fraction of sp³-hybridized carbons (Fsp3) is 0.385. The average molecular weight is 509 g/mol. The number of nitrogens with one attached hydrogen (secondary N) is 1. The topological polar surface area (TPSA) is 85.2 Å². The highest BCUT2D eigenvalue weighted by molar-refractivity contribution is 8.00. The molecule has 1 aliphatic heterocycles.